The number of rotatable bonds is 1. The standard InChI is InChI=1S/C14H9F2N2/c1-18-8-17-14-12(16)6-10(7-13(14)18)9-3-2-4-11(15)5-9/h2,4-8H,1H3. The predicted octanol–water partition coefficient (Wildman–Crippen LogP) is 3.32. The molecule has 0 aliphatic rings. The predicted molar refractivity (Wildman–Crippen MR) is 64.9 cm³/mol. The van der Waals surface area contributed by atoms with Gasteiger partial charge in [-0.25, -0.2) is 13.8 Å². The molecule has 0 aliphatic heterocycles. The van der Waals surface area contributed by atoms with Crippen molar-refractivity contribution in [1.29, 1.82) is 0 Å². The van der Waals surface area contributed by atoms with E-state index < -0.39 is 5.82 Å². The molecule has 1 heterocycles. The Morgan fingerprint density at radius 2 is 2.06 bits per heavy atom. The van der Waals surface area contributed by atoms with Crippen LogP contribution < -0.4 is 0 Å². The Morgan fingerprint density at radius 3 is 2.83 bits per heavy atom. The highest BCUT2D eigenvalue weighted by Crippen LogP contribution is 2.26. The first-order valence-electron chi connectivity index (χ1n) is 5.43. The minimum atomic E-state index is -0.416. The molecule has 89 valence electrons. The summed E-state index contributed by atoms with van der Waals surface area (Å²) in [5.74, 6) is -0.782. The molecule has 0 atom stereocenters. The van der Waals surface area contributed by atoms with Crippen molar-refractivity contribution in [3.8, 4) is 11.1 Å². The number of fused-ring (bicyclic) bond motifs is 1. The number of hydrogen-bond donors (Lipinski definition) is 0. The summed E-state index contributed by atoms with van der Waals surface area (Å²) in [6, 6.07) is 10.1. The topological polar surface area (TPSA) is 17.8 Å². The normalized spacial score (nSPS) is 11.1. The first kappa shape index (κ1) is 10.9. The average molecular weight is 243 g/mol. The summed E-state index contributed by atoms with van der Waals surface area (Å²) in [4.78, 5) is 3.97. The second-order valence-electron chi connectivity index (χ2n) is 4.10. The van der Waals surface area contributed by atoms with Gasteiger partial charge < -0.3 is 4.57 Å². The molecule has 0 bridgehead atoms. The quantitative estimate of drug-likeness (QED) is 0.641. The van der Waals surface area contributed by atoms with Gasteiger partial charge in [0.2, 0.25) is 0 Å². The van der Waals surface area contributed by atoms with Crippen molar-refractivity contribution in [2.24, 2.45) is 7.05 Å². The third kappa shape index (κ3) is 1.66. The largest absolute Gasteiger partial charge is 0.334 e. The van der Waals surface area contributed by atoms with Crippen molar-refractivity contribution in [1.82, 2.24) is 9.55 Å². The van der Waals surface area contributed by atoms with Crippen LogP contribution in [0.5, 0.6) is 0 Å². The highest BCUT2D eigenvalue weighted by atomic mass is 19.1. The van der Waals surface area contributed by atoms with Crippen LogP contribution in [0.15, 0.2) is 36.7 Å². The van der Waals surface area contributed by atoms with Crippen molar-refractivity contribution in [3.05, 3.63) is 54.4 Å². The number of imidazole rings is 1. The number of aromatic nitrogens is 2. The second-order valence-corrected chi connectivity index (χ2v) is 4.10. The third-order valence-corrected chi connectivity index (χ3v) is 2.86. The molecular weight excluding hydrogens is 234 g/mol. The molecule has 2 nitrogen and oxygen atoms in total. The third-order valence-electron chi connectivity index (χ3n) is 2.86. The van der Waals surface area contributed by atoms with Crippen molar-refractivity contribution >= 4 is 11.0 Å². The molecule has 0 aliphatic carbocycles. The van der Waals surface area contributed by atoms with Gasteiger partial charge in [0.1, 0.15) is 11.3 Å². The van der Waals surface area contributed by atoms with Gasteiger partial charge in [-0.15, -0.1) is 0 Å². The van der Waals surface area contributed by atoms with Crippen molar-refractivity contribution in [2.45, 2.75) is 0 Å². The molecule has 0 saturated heterocycles. The molecule has 1 aromatic heterocycles. The lowest BCUT2D eigenvalue weighted by atomic mass is 10.0. The lowest BCUT2D eigenvalue weighted by Gasteiger charge is -2.03. The van der Waals surface area contributed by atoms with Gasteiger partial charge in [-0.3, -0.25) is 0 Å². The molecule has 4 heteroatoms. The Balaban J connectivity index is 2.27. The van der Waals surface area contributed by atoms with Crippen LogP contribution in [-0.2, 0) is 7.05 Å². The molecule has 2 aromatic carbocycles. The van der Waals surface area contributed by atoms with Crippen LogP contribution in [0.3, 0.4) is 0 Å². The molecule has 3 aromatic rings. The summed E-state index contributed by atoms with van der Waals surface area (Å²) in [6.45, 7) is 0. The van der Waals surface area contributed by atoms with Crippen LogP contribution in [-0.4, -0.2) is 9.55 Å². The fourth-order valence-corrected chi connectivity index (χ4v) is 1.95. The van der Waals surface area contributed by atoms with Gasteiger partial charge >= 0.3 is 0 Å². The van der Waals surface area contributed by atoms with Gasteiger partial charge in [0.05, 0.1) is 11.8 Å². The van der Waals surface area contributed by atoms with E-state index in [-0.39, 0.29) is 5.82 Å². The van der Waals surface area contributed by atoms with Gasteiger partial charge in [-0.05, 0) is 41.5 Å². The van der Waals surface area contributed by atoms with E-state index in [9.17, 15) is 8.78 Å². The second kappa shape index (κ2) is 3.91. The molecule has 0 fully saturated rings. The van der Waals surface area contributed by atoms with Gasteiger partial charge in [-0.2, -0.15) is 0 Å². The molecule has 0 N–H and O–H groups in total. The first-order chi connectivity index (χ1) is 8.65. The molecule has 1 radical (unpaired) electrons. The number of nitrogens with zero attached hydrogens (tertiary/aromatic N) is 2. The lowest BCUT2D eigenvalue weighted by Crippen LogP contribution is -1.88. The Labute approximate surface area is 103 Å². The molecule has 18 heavy (non-hydrogen) atoms. The zero-order valence-electron chi connectivity index (χ0n) is 9.61. The van der Waals surface area contributed by atoms with E-state index in [0.29, 0.717) is 22.2 Å². The maximum absolute atomic E-state index is 13.9. The molecule has 0 spiro atoms. The van der Waals surface area contributed by atoms with Crippen LogP contribution >= 0.6 is 0 Å². The molecule has 0 unspecified atom stereocenters. The summed E-state index contributed by atoms with van der Waals surface area (Å²) in [5, 5.41) is 0. The summed E-state index contributed by atoms with van der Waals surface area (Å²) < 4.78 is 28.7. The highest BCUT2D eigenvalue weighted by Gasteiger charge is 2.09. The van der Waals surface area contributed by atoms with E-state index in [1.165, 1.54) is 24.3 Å². The summed E-state index contributed by atoms with van der Waals surface area (Å²) >= 11 is 0. The average Bonchev–Trinajstić information content (AvgIpc) is 2.72. The van der Waals surface area contributed by atoms with Crippen LogP contribution in [0.2, 0.25) is 0 Å². The smallest absolute Gasteiger partial charge is 0.151 e. The summed E-state index contributed by atoms with van der Waals surface area (Å²) in [7, 11) is 1.79. The van der Waals surface area contributed by atoms with Gasteiger partial charge in [0.25, 0.3) is 0 Å². The fraction of sp³-hybridized carbons (Fsp3) is 0.0714. The van der Waals surface area contributed by atoms with Crippen LogP contribution in [0, 0.1) is 17.7 Å². The zero-order chi connectivity index (χ0) is 12.7. The molecule has 3 rings (SSSR count). The fourth-order valence-electron chi connectivity index (χ4n) is 1.95. The molecule has 0 saturated carbocycles. The Kier molecular flexibility index (Phi) is 2.37. The van der Waals surface area contributed by atoms with E-state index >= 15 is 0 Å². The lowest BCUT2D eigenvalue weighted by molar-refractivity contribution is 0.628. The zero-order valence-corrected chi connectivity index (χ0v) is 9.61. The number of benzene rings is 2. The number of aryl methyl sites for hydroxylation is 1. The molecule has 0 amide bonds. The van der Waals surface area contributed by atoms with E-state index in [1.807, 2.05) is 0 Å². The van der Waals surface area contributed by atoms with Crippen LogP contribution in [0.4, 0.5) is 8.78 Å². The van der Waals surface area contributed by atoms with Crippen molar-refractivity contribution in [3.63, 3.8) is 0 Å². The van der Waals surface area contributed by atoms with E-state index in [4.69, 9.17) is 0 Å². The molecular formula is C14H9F2N2. The maximum Gasteiger partial charge on any atom is 0.151 e. The SMILES string of the molecule is Cn1cnc2c(F)cc(-c3[c]ccc(F)c3)cc21. The first-order valence-corrected chi connectivity index (χ1v) is 5.43. The van der Waals surface area contributed by atoms with Crippen molar-refractivity contribution in [2.75, 3.05) is 0 Å². The Hall–Kier alpha value is -2.23. The minimum absolute atomic E-state index is 0.317. The van der Waals surface area contributed by atoms with Gasteiger partial charge in [-0.1, -0.05) is 6.07 Å². The van der Waals surface area contributed by atoms with E-state index in [0.717, 1.165) is 0 Å². The van der Waals surface area contributed by atoms with Crippen LogP contribution in [0.25, 0.3) is 22.2 Å². The van der Waals surface area contributed by atoms with E-state index in [1.54, 1.807) is 24.0 Å². The van der Waals surface area contributed by atoms with E-state index in [2.05, 4.69) is 11.1 Å². The summed E-state index contributed by atoms with van der Waals surface area (Å²) in [5.41, 5.74) is 2.10. The maximum atomic E-state index is 13.9. The highest BCUT2D eigenvalue weighted by molar-refractivity contribution is 5.82. The van der Waals surface area contributed by atoms with Crippen LogP contribution in [0.1, 0.15) is 0 Å². The van der Waals surface area contributed by atoms with Gasteiger partial charge in [0.15, 0.2) is 5.82 Å². The minimum Gasteiger partial charge on any atom is -0.334 e. The monoisotopic (exact) mass is 243 g/mol. The Bertz CT molecular complexity index is 732. The Morgan fingerprint density at radius 1 is 1.22 bits per heavy atom. The van der Waals surface area contributed by atoms with Gasteiger partial charge in [0, 0.05) is 7.05 Å². The number of halogens is 2. The number of hydrogen-bond acceptors (Lipinski definition) is 1. The summed E-state index contributed by atoms with van der Waals surface area (Å²) in [6.07, 6.45) is 1.55. The van der Waals surface area contributed by atoms with Crippen molar-refractivity contribution < 1.29 is 8.78 Å².